The summed E-state index contributed by atoms with van der Waals surface area (Å²) >= 11 is 0. The maximum Gasteiger partial charge on any atom is 0.119 e. The van der Waals surface area contributed by atoms with E-state index in [-0.39, 0.29) is 0 Å². The topological polar surface area (TPSA) is 21.3 Å². The molecular formula is C17H25NO. The van der Waals surface area contributed by atoms with Gasteiger partial charge in [0.1, 0.15) is 5.75 Å². The summed E-state index contributed by atoms with van der Waals surface area (Å²) in [6.45, 7) is 5.74. The molecule has 4 atom stereocenters. The second-order valence-corrected chi connectivity index (χ2v) is 6.01. The highest BCUT2D eigenvalue weighted by Gasteiger charge is 2.53. The van der Waals surface area contributed by atoms with Crippen molar-refractivity contribution in [2.75, 3.05) is 13.7 Å². The third kappa shape index (κ3) is 1.97. The molecule has 0 saturated heterocycles. The molecule has 1 aromatic carbocycles. The Bertz CT molecular complexity index is 451. The summed E-state index contributed by atoms with van der Waals surface area (Å²) in [5.74, 6) is 3.41. The zero-order chi connectivity index (χ0) is 13.4. The predicted molar refractivity (Wildman–Crippen MR) is 78.8 cm³/mol. The maximum absolute atomic E-state index is 5.39. The number of hydrogen-bond acceptors (Lipinski definition) is 2. The third-order valence-electron chi connectivity index (χ3n) is 5.11. The summed E-state index contributed by atoms with van der Waals surface area (Å²) in [5, 5.41) is 3.77. The first-order valence-corrected chi connectivity index (χ1v) is 7.70. The van der Waals surface area contributed by atoms with Gasteiger partial charge in [-0.2, -0.15) is 0 Å². The fourth-order valence-corrected chi connectivity index (χ4v) is 4.22. The van der Waals surface area contributed by atoms with Crippen molar-refractivity contribution in [1.29, 1.82) is 0 Å². The van der Waals surface area contributed by atoms with Gasteiger partial charge in [-0.25, -0.2) is 0 Å². The fourth-order valence-electron chi connectivity index (χ4n) is 4.22. The second-order valence-electron chi connectivity index (χ2n) is 6.01. The zero-order valence-electron chi connectivity index (χ0n) is 12.3. The SMILES string of the molecule is CCCNC1C(CC)C2c3cc(OC)ccc3CC12. The molecule has 19 heavy (non-hydrogen) atoms. The smallest absolute Gasteiger partial charge is 0.119 e. The van der Waals surface area contributed by atoms with E-state index in [1.165, 1.54) is 19.3 Å². The van der Waals surface area contributed by atoms with E-state index in [9.17, 15) is 0 Å². The number of ether oxygens (including phenoxy) is 1. The minimum Gasteiger partial charge on any atom is -0.497 e. The van der Waals surface area contributed by atoms with Gasteiger partial charge >= 0.3 is 0 Å². The standard InChI is InChI=1S/C17H25NO/c1-4-8-18-17-13(5-2)16-14-10-12(19-3)7-6-11(14)9-15(16)17/h6-7,10,13,15-18H,4-5,8-9H2,1-3H3. The van der Waals surface area contributed by atoms with E-state index in [1.807, 2.05) is 0 Å². The molecule has 2 heteroatoms. The van der Waals surface area contributed by atoms with Crippen LogP contribution in [0.15, 0.2) is 18.2 Å². The van der Waals surface area contributed by atoms with Crippen LogP contribution in [0.5, 0.6) is 5.75 Å². The average molecular weight is 259 g/mol. The summed E-state index contributed by atoms with van der Waals surface area (Å²) in [4.78, 5) is 0. The molecule has 1 saturated carbocycles. The van der Waals surface area contributed by atoms with Crippen LogP contribution in [0.4, 0.5) is 0 Å². The molecule has 1 N–H and O–H groups in total. The molecule has 0 heterocycles. The minimum absolute atomic E-state index is 0.730. The van der Waals surface area contributed by atoms with Gasteiger partial charge in [0.25, 0.3) is 0 Å². The normalized spacial score (nSPS) is 31.5. The van der Waals surface area contributed by atoms with Crippen LogP contribution in [0.2, 0.25) is 0 Å². The third-order valence-corrected chi connectivity index (χ3v) is 5.11. The lowest BCUT2D eigenvalue weighted by Crippen LogP contribution is -2.55. The molecule has 2 aliphatic carbocycles. The van der Waals surface area contributed by atoms with E-state index < -0.39 is 0 Å². The average Bonchev–Trinajstić information content (AvgIpc) is 2.74. The summed E-state index contributed by atoms with van der Waals surface area (Å²) in [6.07, 6.45) is 3.76. The Labute approximate surface area is 116 Å². The van der Waals surface area contributed by atoms with E-state index in [2.05, 4.69) is 37.4 Å². The van der Waals surface area contributed by atoms with Crippen LogP contribution in [-0.2, 0) is 6.42 Å². The lowest BCUT2D eigenvalue weighted by molar-refractivity contribution is 0.0796. The first kappa shape index (κ1) is 13.0. The minimum atomic E-state index is 0.730. The number of rotatable bonds is 5. The predicted octanol–water partition coefficient (Wildman–Crippen LogP) is 3.36. The van der Waals surface area contributed by atoms with Gasteiger partial charge in [0, 0.05) is 6.04 Å². The van der Waals surface area contributed by atoms with E-state index in [0.29, 0.717) is 0 Å². The van der Waals surface area contributed by atoms with E-state index in [1.54, 1.807) is 18.2 Å². The molecule has 2 aliphatic rings. The highest BCUT2D eigenvalue weighted by atomic mass is 16.5. The van der Waals surface area contributed by atoms with Gasteiger partial charge in [-0.15, -0.1) is 0 Å². The molecule has 2 nitrogen and oxygen atoms in total. The van der Waals surface area contributed by atoms with Crippen molar-refractivity contribution in [3.63, 3.8) is 0 Å². The van der Waals surface area contributed by atoms with Crippen LogP contribution in [0.3, 0.4) is 0 Å². The van der Waals surface area contributed by atoms with E-state index >= 15 is 0 Å². The molecule has 0 spiro atoms. The van der Waals surface area contributed by atoms with Crippen LogP contribution in [0.25, 0.3) is 0 Å². The fraction of sp³-hybridized carbons (Fsp3) is 0.647. The van der Waals surface area contributed by atoms with Crippen molar-refractivity contribution in [3.8, 4) is 5.75 Å². The Morgan fingerprint density at radius 1 is 1.32 bits per heavy atom. The number of benzene rings is 1. The Morgan fingerprint density at radius 3 is 2.84 bits per heavy atom. The van der Waals surface area contributed by atoms with E-state index in [4.69, 9.17) is 4.74 Å². The van der Waals surface area contributed by atoms with Crippen molar-refractivity contribution in [1.82, 2.24) is 5.32 Å². The molecule has 0 aliphatic heterocycles. The maximum atomic E-state index is 5.39. The van der Waals surface area contributed by atoms with Crippen molar-refractivity contribution < 1.29 is 4.74 Å². The van der Waals surface area contributed by atoms with Crippen LogP contribution < -0.4 is 10.1 Å². The molecule has 4 unspecified atom stereocenters. The Kier molecular flexibility index (Phi) is 3.53. The lowest BCUT2D eigenvalue weighted by atomic mass is 9.60. The van der Waals surface area contributed by atoms with Crippen molar-refractivity contribution >= 4 is 0 Å². The second kappa shape index (κ2) is 5.16. The van der Waals surface area contributed by atoms with Gasteiger partial charge in [-0.3, -0.25) is 0 Å². The van der Waals surface area contributed by atoms with Gasteiger partial charge in [0.15, 0.2) is 0 Å². The van der Waals surface area contributed by atoms with Crippen LogP contribution in [0.1, 0.15) is 43.7 Å². The molecule has 1 fully saturated rings. The Hall–Kier alpha value is -1.02. The lowest BCUT2D eigenvalue weighted by Gasteiger charge is -2.50. The highest BCUT2D eigenvalue weighted by Crippen LogP contribution is 2.56. The summed E-state index contributed by atoms with van der Waals surface area (Å²) in [5.41, 5.74) is 3.11. The Balaban J connectivity index is 1.82. The number of methoxy groups -OCH3 is 1. The highest BCUT2D eigenvalue weighted by molar-refractivity contribution is 5.45. The monoisotopic (exact) mass is 259 g/mol. The van der Waals surface area contributed by atoms with Crippen molar-refractivity contribution in [3.05, 3.63) is 29.3 Å². The summed E-state index contributed by atoms with van der Waals surface area (Å²) < 4.78 is 5.39. The van der Waals surface area contributed by atoms with Gasteiger partial charge in [0.05, 0.1) is 7.11 Å². The first-order valence-electron chi connectivity index (χ1n) is 7.70. The quantitative estimate of drug-likeness (QED) is 0.875. The summed E-state index contributed by atoms with van der Waals surface area (Å²) in [6, 6.07) is 7.39. The van der Waals surface area contributed by atoms with Gasteiger partial charge in [-0.05, 0) is 60.4 Å². The molecule has 3 rings (SSSR count). The number of hydrogen-bond donors (Lipinski definition) is 1. The molecule has 1 aromatic rings. The Morgan fingerprint density at radius 2 is 2.16 bits per heavy atom. The van der Waals surface area contributed by atoms with Crippen molar-refractivity contribution in [2.24, 2.45) is 11.8 Å². The molecular weight excluding hydrogens is 234 g/mol. The van der Waals surface area contributed by atoms with Crippen molar-refractivity contribution in [2.45, 2.75) is 45.1 Å². The summed E-state index contributed by atoms with van der Waals surface area (Å²) in [7, 11) is 1.76. The van der Waals surface area contributed by atoms with Crippen LogP contribution in [-0.4, -0.2) is 19.7 Å². The number of fused-ring (bicyclic) bond motifs is 3. The van der Waals surface area contributed by atoms with Crippen LogP contribution >= 0.6 is 0 Å². The van der Waals surface area contributed by atoms with Crippen LogP contribution in [0, 0.1) is 11.8 Å². The molecule has 104 valence electrons. The number of nitrogens with one attached hydrogen (secondary N) is 1. The molecule has 0 radical (unpaired) electrons. The van der Waals surface area contributed by atoms with E-state index in [0.717, 1.165) is 36.1 Å². The van der Waals surface area contributed by atoms with Gasteiger partial charge < -0.3 is 10.1 Å². The first-order chi connectivity index (χ1) is 9.30. The molecule has 0 bridgehead atoms. The molecule has 0 aromatic heterocycles. The van der Waals surface area contributed by atoms with Gasteiger partial charge in [-0.1, -0.05) is 26.3 Å². The zero-order valence-corrected chi connectivity index (χ0v) is 12.3. The largest absolute Gasteiger partial charge is 0.497 e. The molecule has 0 amide bonds. The van der Waals surface area contributed by atoms with Gasteiger partial charge in [0.2, 0.25) is 0 Å².